The summed E-state index contributed by atoms with van der Waals surface area (Å²) in [6.07, 6.45) is 1.27. The average Bonchev–Trinajstić information content (AvgIpc) is 2.73. The Bertz CT molecular complexity index is 1280. The lowest BCUT2D eigenvalue weighted by atomic mass is 10.1. The van der Waals surface area contributed by atoms with Crippen molar-refractivity contribution in [3.8, 4) is 22.6 Å². The molecule has 32 heavy (non-hydrogen) atoms. The standard InChI is InChI=1S/C21H21F2N3O5S/c1-13(2)30-9-10-31-20-17(14-3-6-16(7-4-14)32(24,28)29)12-25-26(21(20)27)15-5-8-18(22)19(23)11-15/h3-8,11-13H,9-10H2,1-2H3,(H2,24,28,29). The van der Waals surface area contributed by atoms with E-state index in [0.717, 1.165) is 16.8 Å². The van der Waals surface area contributed by atoms with Gasteiger partial charge in [0.25, 0.3) is 0 Å². The molecule has 0 aliphatic carbocycles. The second kappa shape index (κ2) is 9.55. The zero-order chi connectivity index (χ0) is 23.5. The Morgan fingerprint density at radius 3 is 2.34 bits per heavy atom. The number of nitrogens with zero attached hydrogens (tertiary/aromatic N) is 2. The van der Waals surface area contributed by atoms with Crippen molar-refractivity contribution in [3.63, 3.8) is 0 Å². The SMILES string of the molecule is CC(C)OCCOc1c(-c2ccc(S(N)(=O)=O)cc2)cnn(-c2ccc(F)c(F)c2)c1=O. The summed E-state index contributed by atoms with van der Waals surface area (Å²) in [5.74, 6) is -2.30. The quantitative estimate of drug-likeness (QED) is 0.512. The number of sulfonamides is 1. The van der Waals surface area contributed by atoms with E-state index in [4.69, 9.17) is 14.6 Å². The Hall–Kier alpha value is -3.15. The lowest BCUT2D eigenvalue weighted by Crippen LogP contribution is -2.25. The molecule has 1 aromatic heterocycles. The summed E-state index contributed by atoms with van der Waals surface area (Å²) in [6.45, 7) is 3.94. The van der Waals surface area contributed by atoms with E-state index < -0.39 is 27.2 Å². The van der Waals surface area contributed by atoms with Crippen molar-refractivity contribution in [2.75, 3.05) is 13.2 Å². The van der Waals surface area contributed by atoms with Crippen LogP contribution < -0.4 is 15.4 Å². The fraction of sp³-hybridized carbons (Fsp3) is 0.238. The van der Waals surface area contributed by atoms with E-state index in [2.05, 4.69) is 5.10 Å². The maximum absolute atomic E-state index is 13.7. The van der Waals surface area contributed by atoms with Gasteiger partial charge in [0.15, 0.2) is 17.4 Å². The van der Waals surface area contributed by atoms with Gasteiger partial charge < -0.3 is 9.47 Å². The smallest absolute Gasteiger partial charge is 0.314 e. The highest BCUT2D eigenvalue weighted by atomic mass is 32.2. The second-order valence-electron chi connectivity index (χ2n) is 7.04. The van der Waals surface area contributed by atoms with Crippen LogP contribution in [0, 0.1) is 11.6 Å². The summed E-state index contributed by atoms with van der Waals surface area (Å²) in [5, 5.41) is 9.17. The van der Waals surface area contributed by atoms with Crippen molar-refractivity contribution in [3.05, 3.63) is 70.6 Å². The summed E-state index contributed by atoms with van der Waals surface area (Å²) in [7, 11) is -3.89. The third-order valence-electron chi connectivity index (χ3n) is 4.36. The molecule has 0 aliphatic rings. The van der Waals surface area contributed by atoms with Gasteiger partial charge >= 0.3 is 5.56 Å². The fourth-order valence-electron chi connectivity index (χ4n) is 2.84. The molecule has 3 rings (SSSR count). The Balaban J connectivity index is 2.06. The van der Waals surface area contributed by atoms with E-state index in [-0.39, 0.29) is 41.2 Å². The summed E-state index contributed by atoms with van der Waals surface area (Å²) < 4.78 is 61.9. The third-order valence-corrected chi connectivity index (χ3v) is 5.29. The molecule has 0 atom stereocenters. The summed E-state index contributed by atoms with van der Waals surface area (Å²) in [5.41, 5.74) is 0.0143. The molecule has 0 amide bonds. The summed E-state index contributed by atoms with van der Waals surface area (Å²) >= 11 is 0. The van der Waals surface area contributed by atoms with E-state index in [0.29, 0.717) is 5.56 Å². The predicted octanol–water partition coefficient (Wildman–Crippen LogP) is 2.63. The minimum Gasteiger partial charge on any atom is -0.485 e. The van der Waals surface area contributed by atoms with Crippen LogP contribution in [0.2, 0.25) is 0 Å². The van der Waals surface area contributed by atoms with Crippen LogP contribution >= 0.6 is 0 Å². The molecule has 0 aliphatic heterocycles. The number of primary sulfonamides is 1. The van der Waals surface area contributed by atoms with E-state index in [1.807, 2.05) is 13.8 Å². The van der Waals surface area contributed by atoms with E-state index >= 15 is 0 Å². The highest BCUT2D eigenvalue weighted by Crippen LogP contribution is 2.28. The highest BCUT2D eigenvalue weighted by Gasteiger charge is 2.18. The fourth-order valence-corrected chi connectivity index (χ4v) is 3.35. The van der Waals surface area contributed by atoms with Crippen LogP contribution in [0.5, 0.6) is 5.75 Å². The van der Waals surface area contributed by atoms with Gasteiger partial charge in [-0.05, 0) is 43.7 Å². The van der Waals surface area contributed by atoms with Crippen LogP contribution in [0.25, 0.3) is 16.8 Å². The summed E-state index contributed by atoms with van der Waals surface area (Å²) in [4.78, 5) is 13.0. The number of benzene rings is 2. The van der Waals surface area contributed by atoms with Gasteiger partial charge in [0, 0.05) is 11.6 Å². The first kappa shape index (κ1) is 23.5. The van der Waals surface area contributed by atoms with E-state index in [1.54, 1.807) is 0 Å². The van der Waals surface area contributed by atoms with E-state index in [1.165, 1.54) is 36.5 Å². The minimum absolute atomic E-state index is 0.00769. The topological polar surface area (TPSA) is 114 Å². The van der Waals surface area contributed by atoms with Crippen molar-refractivity contribution in [1.29, 1.82) is 0 Å². The Kier molecular flexibility index (Phi) is 7.02. The van der Waals surface area contributed by atoms with Crippen molar-refractivity contribution in [2.45, 2.75) is 24.8 Å². The molecule has 2 N–H and O–H groups in total. The van der Waals surface area contributed by atoms with Crippen LogP contribution in [-0.2, 0) is 14.8 Å². The Morgan fingerprint density at radius 2 is 1.75 bits per heavy atom. The van der Waals surface area contributed by atoms with Crippen molar-refractivity contribution < 1.29 is 26.7 Å². The molecule has 0 saturated carbocycles. The lowest BCUT2D eigenvalue weighted by molar-refractivity contribution is 0.0549. The molecule has 0 spiro atoms. The number of ether oxygens (including phenoxy) is 2. The highest BCUT2D eigenvalue weighted by molar-refractivity contribution is 7.89. The largest absolute Gasteiger partial charge is 0.485 e. The second-order valence-corrected chi connectivity index (χ2v) is 8.60. The molecule has 0 unspecified atom stereocenters. The zero-order valence-corrected chi connectivity index (χ0v) is 18.1. The molecule has 1 heterocycles. The normalized spacial score (nSPS) is 11.7. The number of hydrogen-bond donors (Lipinski definition) is 1. The first-order valence-electron chi connectivity index (χ1n) is 9.53. The Labute approximate surface area is 183 Å². The molecular formula is C21H21F2N3O5S. The molecule has 0 fully saturated rings. The average molecular weight is 465 g/mol. The number of halogens is 2. The van der Waals surface area contributed by atoms with Crippen molar-refractivity contribution in [1.82, 2.24) is 9.78 Å². The predicted molar refractivity (Wildman–Crippen MR) is 113 cm³/mol. The molecule has 2 aromatic carbocycles. The molecule has 3 aromatic rings. The number of hydrogen-bond acceptors (Lipinski definition) is 6. The molecule has 8 nitrogen and oxygen atoms in total. The van der Waals surface area contributed by atoms with Gasteiger partial charge in [-0.25, -0.2) is 22.3 Å². The van der Waals surface area contributed by atoms with Gasteiger partial charge in [0.1, 0.15) is 6.61 Å². The molecule has 11 heteroatoms. The number of aromatic nitrogens is 2. The molecule has 170 valence electrons. The van der Waals surface area contributed by atoms with Crippen LogP contribution in [0.1, 0.15) is 13.8 Å². The van der Waals surface area contributed by atoms with Gasteiger partial charge in [0.2, 0.25) is 10.0 Å². The van der Waals surface area contributed by atoms with Gasteiger partial charge in [0.05, 0.1) is 29.5 Å². The monoisotopic (exact) mass is 465 g/mol. The maximum Gasteiger partial charge on any atom is 0.314 e. The maximum atomic E-state index is 13.7. The van der Waals surface area contributed by atoms with Crippen LogP contribution in [0.15, 0.2) is 58.4 Å². The Morgan fingerprint density at radius 1 is 1.06 bits per heavy atom. The summed E-state index contributed by atoms with van der Waals surface area (Å²) in [6, 6.07) is 8.42. The van der Waals surface area contributed by atoms with Crippen LogP contribution in [0.4, 0.5) is 8.78 Å². The van der Waals surface area contributed by atoms with Gasteiger partial charge in [-0.2, -0.15) is 9.78 Å². The number of rotatable bonds is 8. The lowest BCUT2D eigenvalue weighted by Gasteiger charge is -2.14. The zero-order valence-electron chi connectivity index (χ0n) is 17.3. The molecule has 0 bridgehead atoms. The third kappa shape index (κ3) is 5.36. The van der Waals surface area contributed by atoms with Crippen molar-refractivity contribution in [2.24, 2.45) is 5.14 Å². The van der Waals surface area contributed by atoms with Gasteiger partial charge in [-0.15, -0.1) is 0 Å². The van der Waals surface area contributed by atoms with Gasteiger partial charge in [-0.1, -0.05) is 12.1 Å². The minimum atomic E-state index is -3.89. The van der Waals surface area contributed by atoms with E-state index in [9.17, 15) is 22.0 Å². The molecular weight excluding hydrogens is 444 g/mol. The first-order valence-corrected chi connectivity index (χ1v) is 11.1. The molecule has 0 saturated heterocycles. The van der Waals surface area contributed by atoms with Crippen molar-refractivity contribution >= 4 is 10.0 Å². The first-order chi connectivity index (χ1) is 15.1. The van der Waals surface area contributed by atoms with Crippen LogP contribution in [0.3, 0.4) is 0 Å². The van der Waals surface area contributed by atoms with Crippen LogP contribution in [-0.4, -0.2) is 37.5 Å². The number of nitrogens with two attached hydrogens (primary N) is 1. The van der Waals surface area contributed by atoms with Gasteiger partial charge in [-0.3, -0.25) is 4.79 Å². The molecule has 0 radical (unpaired) electrons.